The standard InChI is InChI=1S/C13H11BrF3N3O/c1-2-18-11-10(14)12(20-7-19-11)21-9-5-3-8(4-6-9)13(15,16)17/h3-7H,2H2,1H3,(H,18,19,20). The predicted octanol–water partition coefficient (Wildman–Crippen LogP) is 4.48. The number of nitrogens with zero attached hydrogens (tertiary/aromatic N) is 2. The lowest BCUT2D eigenvalue weighted by atomic mass is 10.2. The minimum Gasteiger partial charge on any atom is -0.438 e. The van der Waals surface area contributed by atoms with Gasteiger partial charge in [0.1, 0.15) is 22.4 Å². The van der Waals surface area contributed by atoms with E-state index < -0.39 is 11.7 Å². The van der Waals surface area contributed by atoms with Crippen molar-refractivity contribution in [2.75, 3.05) is 11.9 Å². The minimum absolute atomic E-state index is 0.223. The van der Waals surface area contributed by atoms with E-state index in [0.717, 1.165) is 12.1 Å². The maximum absolute atomic E-state index is 12.5. The highest BCUT2D eigenvalue weighted by molar-refractivity contribution is 9.10. The van der Waals surface area contributed by atoms with Crippen LogP contribution < -0.4 is 10.1 Å². The lowest BCUT2D eigenvalue weighted by molar-refractivity contribution is -0.137. The van der Waals surface area contributed by atoms with Crippen molar-refractivity contribution < 1.29 is 17.9 Å². The van der Waals surface area contributed by atoms with Crippen LogP contribution in [0.5, 0.6) is 11.6 Å². The molecule has 0 saturated heterocycles. The molecule has 1 aromatic heterocycles. The topological polar surface area (TPSA) is 47.0 Å². The van der Waals surface area contributed by atoms with E-state index in [-0.39, 0.29) is 11.6 Å². The summed E-state index contributed by atoms with van der Waals surface area (Å²) in [5, 5.41) is 3.00. The van der Waals surface area contributed by atoms with Crippen molar-refractivity contribution in [3.8, 4) is 11.6 Å². The van der Waals surface area contributed by atoms with Gasteiger partial charge >= 0.3 is 6.18 Å². The Kier molecular flexibility index (Phi) is 4.66. The maximum Gasteiger partial charge on any atom is 0.416 e. The van der Waals surface area contributed by atoms with Crippen LogP contribution in [0.15, 0.2) is 35.1 Å². The van der Waals surface area contributed by atoms with Gasteiger partial charge < -0.3 is 10.1 Å². The molecule has 1 heterocycles. The Hall–Kier alpha value is -1.83. The fraction of sp³-hybridized carbons (Fsp3) is 0.231. The first-order chi connectivity index (χ1) is 9.91. The molecule has 0 aliphatic carbocycles. The van der Waals surface area contributed by atoms with Gasteiger partial charge in [-0.1, -0.05) is 0 Å². The van der Waals surface area contributed by atoms with Gasteiger partial charge in [-0.2, -0.15) is 13.2 Å². The van der Waals surface area contributed by atoms with E-state index in [4.69, 9.17) is 4.74 Å². The van der Waals surface area contributed by atoms with Gasteiger partial charge in [-0.05, 0) is 47.1 Å². The third kappa shape index (κ3) is 3.84. The van der Waals surface area contributed by atoms with Crippen LogP contribution in [0.2, 0.25) is 0 Å². The Labute approximate surface area is 127 Å². The van der Waals surface area contributed by atoms with Crippen molar-refractivity contribution in [2.45, 2.75) is 13.1 Å². The smallest absolute Gasteiger partial charge is 0.416 e. The van der Waals surface area contributed by atoms with Gasteiger partial charge in [0.05, 0.1) is 5.56 Å². The van der Waals surface area contributed by atoms with Gasteiger partial charge in [-0.15, -0.1) is 0 Å². The number of anilines is 1. The molecule has 0 aliphatic rings. The third-order valence-electron chi connectivity index (χ3n) is 2.50. The van der Waals surface area contributed by atoms with Crippen LogP contribution in [0, 0.1) is 0 Å². The van der Waals surface area contributed by atoms with E-state index in [9.17, 15) is 13.2 Å². The lowest BCUT2D eigenvalue weighted by Gasteiger charge is -2.11. The largest absolute Gasteiger partial charge is 0.438 e. The highest BCUT2D eigenvalue weighted by atomic mass is 79.9. The Morgan fingerprint density at radius 3 is 2.43 bits per heavy atom. The Balaban J connectivity index is 2.20. The quantitative estimate of drug-likeness (QED) is 0.871. The fourth-order valence-electron chi connectivity index (χ4n) is 1.54. The zero-order chi connectivity index (χ0) is 15.5. The normalized spacial score (nSPS) is 11.3. The summed E-state index contributed by atoms with van der Waals surface area (Å²) in [7, 11) is 0. The number of rotatable bonds is 4. The van der Waals surface area contributed by atoms with Crippen molar-refractivity contribution in [3.63, 3.8) is 0 Å². The van der Waals surface area contributed by atoms with Crippen LogP contribution in [0.25, 0.3) is 0 Å². The number of hydrogen-bond acceptors (Lipinski definition) is 4. The maximum atomic E-state index is 12.5. The number of nitrogens with one attached hydrogen (secondary N) is 1. The van der Waals surface area contributed by atoms with E-state index >= 15 is 0 Å². The Morgan fingerprint density at radius 1 is 1.19 bits per heavy atom. The van der Waals surface area contributed by atoms with Crippen LogP contribution in [0.1, 0.15) is 12.5 Å². The molecule has 0 fully saturated rings. The molecule has 0 radical (unpaired) electrons. The summed E-state index contributed by atoms with van der Waals surface area (Å²) >= 11 is 3.29. The number of hydrogen-bond donors (Lipinski definition) is 1. The van der Waals surface area contributed by atoms with Gasteiger partial charge in [-0.25, -0.2) is 9.97 Å². The first-order valence-corrected chi connectivity index (χ1v) is 6.80. The van der Waals surface area contributed by atoms with Gasteiger partial charge in [0, 0.05) is 6.54 Å². The van der Waals surface area contributed by atoms with E-state index in [1.165, 1.54) is 18.5 Å². The van der Waals surface area contributed by atoms with Gasteiger partial charge in [0.25, 0.3) is 0 Å². The Morgan fingerprint density at radius 2 is 1.86 bits per heavy atom. The average Bonchev–Trinajstić information content (AvgIpc) is 2.43. The number of benzene rings is 1. The molecule has 8 heteroatoms. The predicted molar refractivity (Wildman–Crippen MR) is 75.4 cm³/mol. The van der Waals surface area contributed by atoms with Crippen molar-refractivity contribution in [2.24, 2.45) is 0 Å². The molecule has 0 unspecified atom stereocenters. The van der Waals surface area contributed by atoms with Crippen LogP contribution in [-0.4, -0.2) is 16.5 Å². The molecule has 0 atom stereocenters. The molecule has 2 aromatic rings. The van der Waals surface area contributed by atoms with Crippen LogP contribution in [-0.2, 0) is 6.18 Å². The van der Waals surface area contributed by atoms with Crippen LogP contribution in [0.4, 0.5) is 19.0 Å². The van der Waals surface area contributed by atoms with Crippen LogP contribution >= 0.6 is 15.9 Å². The fourth-order valence-corrected chi connectivity index (χ4v) is 1.96. The summed E-state index contributed by atoms with van der Waals surface area (Å²) in [5.41, 5.74) is -0.732. The second-order valence-corrected chi connectivity index (χ2v) is 4.79. The molecule has 1 N–H and O–H groups in total. The molecular weight excluding hydrogens is 351 g/mol. The molecule has 112 valence electrons. The second kappa shape index (κ2) is 6.30. The van der Waals surface area contributed by atoms with E-state index in [1.807, 2.05) is 6.92 Å². The zero-order valence-electron chi connectivity index (χ0n) is 10.9. The minimum atomic E-state index is -4.37. The summed E-state index contributed by atoms with van der Waals surface area (Å²) in [5.74, 6) is 1.03. The van der Waals surface area contributed by atoms with E-state index in [2.05, 4.69) is 31.2 Å². The van der Waals surface area contributed by atoms with Gasteiger partial charge in [0.2, 0.25) is 5.88 Å². The van der Waals surface area contributed by atoms with Crippen LogP contribution in [0.3, 0.4) is 0 Å². The Bertz CT molecular complexity index is 617. The number of aromatic nitrogens is 2. The van der Waals surface area contributed by atoms with Crippen molar-refractivity contribution >= 4 is 21.7 Å². The zero-order valence-corrected chi connectivity index (χ0v) is 12.5. The highest BCUT2D eigenvalue weighted by Crippen LogP contribution is 2.34. The third-order valence-corrected chi connectivity index (χ3v) is 3.21. The molecule has 21 heavy (non-hydrogen) atoms. The molecule has 4 nitrogen and oxygen atoms in total. The molecule has 0 amide bonds. The number of halogens is 4. The summed E-state index contributed by atoms with van der Waals surface area (Å²) in [6.07, 6.45) is -3.06. The van der Waals surface area contributed by atoms with E-state index in [1.54, 1.807) is 0 Å². The second-order valence-electron chi connectivity index (χ2n) is 4.00. The highest BCUT2D eigenvalue weighted by Gasteiger charge is 2.30. The van der Waals surface area contributed by atoms with Crippen molar-refractivity contribution in [1.29, 1.82) is 0 Å². The first kappa shape index (κ1) is 15.6. The molecule has 0 aliphatic heterocycles. The summed E-state index contributed by atoms with van der Waals surface area (Å²) in [4.78, 5) is 7.96. The van der Waals surface area contributed by atoms with Crippen molar-refractivity contribution in [3.05, 3.63) is 40.6 Å². The van der Waals surface area contributed by atoms with E-state index in [0.29, 0.717) is 16.8 Å². The molecule has 1 aromatic carbocycles. The first-order valence-electron chi connectivity index (χ1n) is 6.01. The molecule has 0 bridgehead atoms. The van der Waals surface area contributed by atoms with Crippen molar-refractivity contribution in [1.82, 2.24) is 9.97 Å². The number of alkyl halides is 3. The molecule has 0 spiro atoms. The van der Waals surface area contributed by atoms with Gasteiger partial charge in [0.15, 0.2) is 0 Å². The monoisotopic (exact) mass is 361 g/mol. The number of ether oxygens (including phenoxy) is 1. The summed E-state index contributed by atoms with van der Waals surface area (Å²) in [6, 6.07) is 4.39. The molecular formula is C13H11BrF3N3O. The molecule has 2 rings (SSSR count). The van der Waals surface area contributed by atoms with Gasteiger partial charge in [-0.3, -0.25) is 0 Å². The summed E-state index contributed by atoms with van der Waals surface area (Å²) in [6.45, 7) is 2.57. The molecule has 0 saturated carbocycles. The lowest BCUT2D eigenvalue weighted by Crippen LogP contribution is -2.04. The SMILES string of the molecule is CCNc1ncnc(Oc2ccc(C(F)(F)F)cc2)c1Br. The summed E-state index contributed by atoms with van der Waals surface area (Å²) < 4.78 is 43.4. The average molecular weight is 362 g/mol.